The predicted octanol–water partition coefficient (Wildman–Crippen LogP) is 3.38. The van der Waals surface area contributed by atoms with Crippen molar-refractivity contribution < 1.29 is 9.53 Å². The molecule has 2 heterocycles. The first-order chi connectivity index (χ1) is 11.8. The van der Waals surface area contributed by atoms with Crippen LogP contribution in [0.1, 0.15) is 18.4 Å². The highest BCUT2D eigenvalue weighted by Crippen LogP contribution is 2.19. The summed E-state index contributed by atoms with van der Waals surface area (Å²) in [4.78, 5) is 18.3. The van der Waals surface area contributed by atoms with Crippen molar-refractivity contribution in [3.05, 3.63) is 60.4 Å². The van der Waals surface area contributed by atoms with Gasteiger partial charge in [0.15, 0.2) is 0 Å². The molecule has 0 radical (unpaired) electrons. The Morgan fingerprint density at radius 1 is 1.17 bits per heavy atom. The molecule has 126 valence electrons. The molecule has 24 heavy (non-hydrogen) atoms. The molecular formula is C19H22N2O2S. The molecule has 0 N–H and O–H groups in total. The van der Waals surface area contributed by atoms with Crippen LogP contribution in [0, 0.1) is 0 Å². The van der Waals surface area contributed by atoms with Gasteiger partial charge in [0.05, 0.1) is 11.9 Å². The summed E-state index contributed by atoms with van der Waals surface area (Å²) in [7, 11) is 0. The van der Waals surface area contributed by atoms with Crippen LogP contribution < -0.4 is 4.74 Å². The maximum atomic E-state index is 12.3. The first-order valence-corrected chi connectivity index (χ1v) is 9.43. The third kappa shape index (κ3) is 4.99. The highest BCUT2D eigenvalue weighted by Gasteiger charge is 2.23. The Morgan fingerprint density at radius 2 is 1.96 bits per heavy atom. The van der Waals surface area contributed by atoms with E-state index in [-0.39, 0.29) is 12.0 Å². The number of ether oxygens (including phenoxy) is 1. The van der Waals surface area contributed by atoms with Crippen molar-refractivity contribution in [2.45, 2.75) is 24.7 Å². The zero-order valence-corrected chi connectivity index (χ0v) is 14.5. The predicted molar refractivity (Wildman–Crippen MR) is 97.1 cm³/mol. The van der Waals surface area contributed by atoms with Crippen molar-refractivity contribution in [2.75, 3.05) is 18.8 Å². The summed E-state index contributed by atoms with van der Waals surface area (Å²) in [6.45, 7) is 1.55. The molecule has 1 amide bonds. The van der Waals surface area contributed by atoms with Crippen LogP contribution in [-0.2, 0) is 10.5 Å². The van der Waals surface area contributed by atoms with Crippen LogP contribution in [-0.4, -0.2) is 40.7 Å². The number of aromatic nitrogens is 1. The number of carbonyl (C=O) groups is 1. The van der Waals surface area contributed by atoms with Crippen LogP contribution in [0.2, 0.25) is 0 Å². The van der Waals surface area contributed by atoms with Gasteiger partial charge in [-0.2, -0.15) is 0 Å². The average molecular weight is 342 g/mol. The Labute approximate surface area is 147 Å². The maximum Gasteiger partial charge on any atom is 0.232 e. The molecule has 0 aliphatic carbocycles. The summed E-state index contributed by atoms with van der Waals surface area (Å²) in [6.07, 6.45) is 5.41. The lowest BCUT2D eigenvalue weighted by molar-refractivity contribution is -0.130. The zero-order chi connectivity index (χ0) is 16.6. The van der Waals surface area contributed by atoms with E-state index in [2.05, 4.69) is 17.1 Å². The Hall–Kier alpha value is -2.01. The lowest BCUT2D eigenvalue weighted by Crippen LogP contribution is -2.42. The first-order valence-electron chi connectivity index (χ1n) is 8.27. The third-order valence-electron chi connectivity index (χ3n) is 4.07. The summed E-state index contributed by atoms with van der Waals surface area (Å²) in [5.41, 5.74) is 1.26. The van der Waals surface area contributed by atoms with Crippen LogP contribution in [0.25, 0.3) is 0 Å². The number of piperidine rings is 1. The van der Waals surface area contributed by atoms with Gasteiger partial charge in [0.2, 0.25) is 5.91 Å². The molecule has 1 aliphatic heterocycles. The van der Waals surface area contributed by atoms with Gasteiger partial charge < -0.3 is 9.64 Å². The van der Waals surface area contributed by atoms with Gasteiger partial charge in [-0.3, -0.25) is 9.78 Å². The molecule has 0 bridgehead atoms. The number of pyridine rings is 1. The number of nitrogens with zero attached hydrogens (tertiary/aromatic N) is 2. The van der Waals surface area contributed by atoms with Crippen LogP contribution in [0.15, 0.2) is 54.9 Å². The number of rotatable bonds is 6. The summed E-state index contributed by atoms with van der Waals surface area (Å²) in [5, 5.41) is 0. The van der Waals surface area contributed by atoms with Gasteiger partial charge in [0, 0.05) is 37.9 Å². The van der Waals surface area contributed by atoms with Crippen molar-refractivity contribution in [3.63, 3.8) is 0 Å². The average Bonchev–Trinajstić information content (AvgIpc) is 2.64. The largest absolute Gasteiger partial charge is 0.489 e. The van der Waals surface area contributed by atoms with E-state index < -0.39 is 0 Å². The van der Waals surface area contributed by atoms with Gasteiger partial charge in [-0.25, -0.2) is 0 Å². The van der Waals surface area contributed by atoms with E-state index in [4.69, 9.17) is 4.74 Å². The summed E-state index contributed by atoms with van der Waals surface area (Å²) in [6, 6.07) is 14.1. The Kier molecular flexibility index (Phi) is 6.13. The minimum Gasteiger partial charge on any atom is -0.489 e. The second-order valence-electron chi connectivity index (χ2n) is 5.87. The summed E-state index contributed by atoms with van der Waals surface area (Å²) >= 11 is 1.68. The fraction of sp³-hybridized carbons (Fsp3) is 0.368. The van der Waals surface area contributed by atoms with E-state index in [9.17, 15) is 4.79 Å². The zero-order valence-electron chi connectivity index (χ0n) is 13.6. The quantitative estimate of drug-likeness (QED) is 0.807. The molecule has 1 saturated heterocycles. The first kappa shape index (κ1) is 16.8. The van der Waals surface area contributed by atoms with Gasteiger partial charge in [0.1, 0.15) is 11.9 Å². The van der Waals surface area contributed by atoms with Gasteiger partial charge in [-0.05, 0) is 17.7 Å². The molecule has 1 aromatic carbocycles. The minimum atomic E-state index is 0.176. The molecular weight excluding hydrogens is 320 g/mol. The Bertz CT molecular complexity index is 628. The van der Waals surface area contributed by atoms with Crippen molar-refractivity contribution in [2.24, 2.45) is 0 Å². The monoisotopic (exact) mass is 342 g/mol. The van der Waals surface area contributed by atoms with E-state index in [1.54, 1.807) is 24.2 Å². The topological polar surface area (TPSA) is 42.4 Å². The second kappa shape index (κ2) is 8.73. The van der Waals surface area contributed by atoms with Gasteiger partial charge in [-0.15, -0.1) is 11.8 Å². The third-order valence-corrected chi connectivity index (χ3v) is 5.06. The SMILES string of the molecule is O=C(CSCc1ccccc1)N1CCC(Oc2cccnc2)CC1. The number of amides is 1. The molecule has 0 saturated carbocycles. The van der Waals surface area contributed by atoms with E-state index in [1.165, 1.54) is 5.56 Å². The van der Waals surface area contributed by atoms with Crippen molar-refractivity contribution >= 4 is 17.7 Å². The maximum absolute atomic E-state index is 12.3. The lowest BCUT2D eigenvalue weighted by Gasteiger charge is -2.32. The van der Waals surface area contributed by atoms with Crippen molar-refractivity contribution in [3.8, 4) is 5.75 Å². The molecule has 3 rings (SSSR count). The molecule has 5 heteroatoms. The van der Waals surface area contributed by atoms with E-state index in [0.717, 1.165) is 37.4 Å². The fourth-order valence-corrected chi connectivity index (χ4v) is 3.64. The fourth-order valence-electron chi connectivity index (χ4n) is 2.75. The number of benzene rings is 1. The molecule has 0 spiro atoms. The molecule has 0 atom stereocenters. The number of carbonyl (C=O) groups excluding carboxylic acids is 1. The minimum absolute atomic E-state index is 0.176. The van der Waals surface area contributed by atoms with E-state index in [1.807, 2.05) is 35.2 Å². The molecule has 4 nitrogen and oxygen atoms in total. The van der Waals surface area contributed by atoms with E-state index >= 15 is 0 Å². The molecule has 2 aromatic rings. The van der Waals surface area contributed by atoms with Crippen molar-refractivity contribution in [1.82, 2.24) is 9.88 Å². The highest BCUT2D eigenvalue weighted by molar-refractivity contribution is 7.99. The van der Waals surface area contributed by atoms with Crippen LogP contribution in [0.4, 0.5) is 0 Å². The van der Waals surface area contributed by atoms with Crippen LogP contribution >= 0.6 is 11.8 Å². The number of likely N-dealkylation sites (tertiary alicyclic amines) is 1. The smallest absolute Gasteiger partial charge is 0.232 e. The molecule has 1 aliphatic rings. The molecule has 1 fully saturated rings. The Morgan fingerprint density at radius 3 is 2.67 bits per heavy atom. The number of hydrogen-bond donors (Lipinski definition) is 0. The van der Waals surface area contributed by atoms with Crippen molar-refractivity contribution in [1.29, 1.82) is 0 Å². The van der Waals surface area contributed by atoms with Gasteiger partial charge >= 0.3 is 0 Å². The Balaban J connectivity index is 1.37. The van der Waals surface area contributed by atoms with Gasteiger partial charge in [0.25, 0.3) is 0 Å². The second-order valence-corrected chi connectivity index (χ2v) is 6.85. The van der Waals surface area contributed by atoms with Gasteiger partial charge in [-0.1, -0.05) is 30.3 Å². The van der Waals surface area contributed by atoms with Crippen LogP contribution in [0.5, 0.6) is 5.75 Å². The summed E-state index contributed by atoms with van der Waals surface area (Å²) in [5.74, 6) is 2.47. The summed E-state index contributed by atoms with van der Waals surface area (Å²) < 4.78 is 5.92. The van der Waals surface area contributed by atoms with Crippen LogP contribution in [0.3, 0.4) is 0 Å². The molecule has 1 aromatic heterocycles. The number of thioether (sulfide) groups is 1. The number of hydrogen-bond acceptors (Lipinski definition) is 4. The lowest BCUT2D eigenvalue weighted by atomic mass is 10.1. The standard InChI is InChI=1S/C19H22N2O2S/c22-19(15-24-14-16-5-2-1-3-6-16)21-11-8-17(9-12-21)23-18-7-4-10-20-13-18/h1-7,10,13,17H,8-9,11-12,14-15H2. The highest BCUT2D eigenvalue weighted by atomic mass is 32.2. The molecule has 0 unspecified atom stereocenters. The van der Waals surface area contributed by atoms with E-state index in [0.29, 0.717) is 5.75 Å². The normalized spacial score (nSPS) is 15.2.